The number of benzene rings is 2. The van der Waals surface area contributed by atoms with Crippen molar-refractivity contribution in [3.63, 3.8) is 0 Å². The molecule has 1 atom stereocenters. The average Bonchev–Trinajstić information content (AvgIpc) is 3.15. The molecule has 0 bridgehead atoms. The van der Waals surface area contributed by atoms with Gasteiger partial charge < -0.3 is 9.64 Å². The van der Waals surface area contributed by atoms with Gasteiger partial charge in [-0.15, -0.1) is 11.3 Å². The van der Waals surface area contributed by atoms with Crippen LogP contribution in [0, 0.1) is 0 Å². The second kappa shape index (κ2) is 11.7. The third kappa shape index (κ3) is 6.89. The van der Waals surface area contributed by atoms with Crippen LogP contribution in [-0.4, -0.2) is 26.0 Å². The van der Waals surface area contributed by atoms with Crippen LogP contribution in [-0.2, 0) is 0 Å². The monoisotopic (exact) mass is 357 g/mol. The SMILES string of the molecule is CC.CCC(Oc1cccc2ccccc12)c1cccs1.CN(C)C. The summed E-state index contributed by atoms with van der Waals surface area (Å²) >= 11 is 1.76. The number of ether oxygens (including phenoxy) is 1. The molecule has 0 N–H and O–H groups in total. The lowest BCUT2D eigenvalue weighted by Crippen LogP contribution is -2.04. The quantitative estimate of drug-likeness (QED) is 0.519. The first kappa shape index (κ1) is 21.2. The Kier molecular flexibility index (Phi) is 9.90. The highest BCUT2D eigenvalue weighted by Gasteiger charge is 2.13. The van der Waals surface area contributed by atoms with Gasteiger partial charge in [0.05, 0.1) is 0 Å². The Bertz CT molecular complexity index is 699. The Hall–Kier alpha value is -1.84. The van der Waals surface area contributed by atoms with Crippen LogP contribution >= 0.6 is 11.3 Å². The van der Waals surface area contributed by atoms with Crippen LogP contribution in [0.15, 0.2) is 60.0 Å². The molecule has 1 unspecified atom stereocenters. The van der Waals surface area contributed by atoms with Crippen LogP contribution in [0.3, 0.4) is 0 Å². The third-order valence-corrected chi connectivity index (χ3v) is 4.21. The Morgan fingerprint density at radius 2 is 1.56 bits per heavy atom. The van der Waals surface area contributed by atoms with Crippen molar-refractivity contribution in [2.24, 2.45) is 0 Å². The van der Waals surface area contributed by atoms with Crippen molar-refractivity contribution >= 4 is 22.1 Å². The second-order valence-electron chi connectivity index (χ2n) is 5.85. The molecular formula is C22H31NOS. The van der Waals surface area contributed by atoms with Gasteiger partial charge in [0, 0.05) is 10.3 Å². The standard InChI is InChI=1S/C17H16OS.C3H9N.C2H6/c1-2-15(17-11-6-12-19-17)18-16-10-5-8-13-7-3-4-9-14(13)16;1-4(2)3;1-2/h3-12,15H,2H2,1H3;1-3H3;1-2H3. The summed E-state index contributed by atoms with van der Waals surface area (Å²) in [5, 5.41) is 4.51. The van der Waals surface area contributed by atoms with Gasteiger partial charge in [0.25, 0.3) is 0 Å². The molecule has 0 aliphatic rings. The fraction of sp³-hybridized carbons (Fsp3) is 0.364. The number of hydrogen-bond donors (Lipinski definition) is 0. The van der Waals surface area contributed by atoms with Gasteiger partial charge in [0.1, 0.15) is 11.9 Å². The van der Waals surface area contributed by atoms with Crippen LogP contribution in [0.5, 0.6) is 5.75 Å². The first-order valence-corrected chi connectivity index (χ1v) is 9.78. The van der Waals surface area contributed by atoms with E-state index in [4.69, 9.17) is 4.74 Å². The highest BCUT2D eigenvalue weighted by Crippen LogP contribution is 2.32. The summed E-state index contributed by atoms with van der Waals surface area (Å²) in [5.74, 6) is 0.971. The van der Waals surface area contributed by atoms with Crippen molar-refractivity contribution in [2.75, 3.05) is 21.1 Å². The molecule has 1 heterocycles. The summed E-state index contributed by atoms with van der Waals surface area (Å²) in [6.45, 7) is 6.16. The van der Waals surface area contributed by atoms with Gasteiger partial charge in [-0.25, -0.2) is 0 Å². The zero-order chi connectivity index (χ0) is 18.7. The van der Waals surface area contributed by atoms with E-state index in [1.807, 2.05) is 39.9 Å². The highest BCUT2D eigenvalue weighted by atomic mass is 32.1. The minimum Gasteiger partial charge on any atom is -0.484 e. The topological polar surface area (TPSA) is 12.5 Å². The fourth-order valence-corrected chi connectivity index (χ4v) is 3.11. The number of fused-ring (bicyclic) bond motifs is 1. The summed E-state index contributed by atoms with van der Waals surface area (Å²) in [6.07, 6.45) is 1.12. The summed E-state index contributed by atoms with van der Waals surface area (Å²) in [7, 11) is 6.00. The Balaban J connectivity index is 0.000000461. The Morgan fingerprint density at radius 1 is 0.920 bits per heavy atom. The number of thiophene rings is 1. The van der Waals surface area contributed by atoms with E-state index < -0.39 is 0 Å². The first-order valence-electron chi connectivity index (χ1n) is 8.90. The normalized spacial score (nSPS) is 11.2. The highest BCUT2D eigenvalue weighted by molar-refractivity contribution is 7.10. The Labute approximate surface area is 157 Å². The van der Waals surface area contributed by atoms with Crippen molar-refractivity contribution in [1.29, 1.82) is 0 Å². The van der Waals surface area contributed by atoms with Crippen molar-refractivity contribution in [2.45, 2.75) is 33.3 Å². The van der Waals surface area contributed by atoms with E-state index >= 15 is 0 Å². The molecular weight excluding hydrogens is 326 g/mol. The summed E-state index contributed by atoms with van der Waals surface area (Å²) in [5.41, 5.74) is 0. The van der Waals surface area contributed by atoms with E-state index in [1.54, 1.807) is 11.3 Å². The van der Waals surface area contributed by atoms with Crippen LogP contribution in [0.4, 0.5) is 0 Å². The van der Waals surface area contributed by atoms with Gasteiger partial charge in [-0.3, -0.25) is 0 Å². The first-order chi connectivity index (χ1) is 12.1. The molecule has 136 valence electrons. The fourth-order valence-electron chi connectivity index (χ4n) is 2.27. The molecule has 0 aliphatic carbocycles. The van der Waals surface area contributed by atoms with Crippen LogP contribution in [0.25, 0.3) is 10.8 Å². The molecule has 0 aliphatic heterocycles. The van der Waals surface area contributed by atoms with E-state index in [9.17, 15) is 0 Å². The molecule has 3 heteroatoms. The molecule has 0 radical (unpaired) electrons. The molecule has 0 amide bonds. The van der Waals surface area contributed by atoms with Crippen molar-refractivity contribution in [1.82, 2.24) is 4.90 Å². The molecule has 25 heavy (non-hydrogen) atoms. The summed E-state index contributed by atoms with van der Waals surface area (Å²) in [4.78, 5) is 3.29. The van der Waals surface area contributed by atoms with Gasteiger partial charge in [-0.2, -0.15) is 0 Å². The predicted octanol–water partition coefficient (Wildman–Crippen LogP) is 6.64. The maximum Gasteiger partial charge on any atom is 0.133 e. The number of nitrogens with zero attached hydrogens (tertiary/aromatic N) is 1. The lowest BCUT2D eigenvalue weighted by atomic mass is 10.1. The van der Waals surface area contributed by atoms with E-state index in [0.717, 1.165) is 12.2 Å². The largest absolute Gasteiger partial charge is 0.484 e. The number of hydrogen-bond acceptors (Lipinski definition) is 3. The maximum absolute atomic E-state index is 6.23. The second-order valence-corrected chi connectivity index (χ2v) is 6.83. The minimum atomic E-state index is 0.144. The van der Waals surface area contributed by atoms with Gasteiger partial charge in [-0.05, 0) is 50.5 Å². The van der Waals surface area contributed by atoms with Crippen LogP contribution in [0.1, 0.15) is 38.2 Å². The lowest BCUT2D eigenvalue weighted by molar-refractivity contribution is 0.208. The molecule has 3 rings (SSSR count). The zero-order valence-corrected chi connectivity index (χ0v) is 17.1. The van der Waals surface area contributed by atoms with E-state index in [2.05, 4.69) is 66.9 Å². The lowest BCUT2D eigenvalue weighted by Gasteiger charge is -2.17. The van der Waals surface area contributed by atoms with Crippen molar-refractivity contribution < 1.29 is 4.74 Å². The summed E-state index contributed by atoms with van der Waals surface area (Å²) < 4.78 is 6.23. The minimum absolute atomic E-state index is 0.144. The van der Waals surface area contributed by atoms with Crippen LogP contribution < -0.4 is 4.74 Å². The number of rotatable bonds is 4. The van der Waals surface area contributed by atoms with Crippen molar-refractivity contribution in [3.8, 4) is 5.75 Å². The van der Waals surface area contributed by atoms with Gasteiger partial charge in [-0.1, -0.05) is 63.2 Å². The smallest absolute Gasteiger partial charge is 0.133 e. The molecule has 2 aromatic carbocycles. The molecule has 0 fully saturated rings. The van der Waals surface area contributed by atoms with E-state index in [-0.39, 0.29) is 6.10 Å². The predicted molar refractivity (Wildman–Crippen MR) is 113 cm³/mol. The molecule has 3 aromatic rings. The van der Waals surface area contributed by atoms with E-state index in [0.29, 0.717) is 0 Å². The third-order valence-electron chi connectivity index (χ3n) is 3.25. The molecule has 0 saturated heterocycles. The Morgan fingerprint density at radius 3 is 2.16 bits per heavy atom. The van der Waals surface area contributed by atoms with Crippen molar-refractivity contribution in [3.05, 3.63) is 64.9 Å². The van der Waals surface area contributed by atoms with E-state index in [1.165, 1.54) is 15.6 Å². The molecule has 2 nitrogen and oxygen atoms in total. The molecule has 1 aromatic heterocycles. The summed E-state index contributed by atoms with van der Waals surface area (Å²) in [6, 6.07) is 18.8. The zero-order valence-electron chi connectivity index (χ0n) is 16.3. The molecule has 0 spiro atoms. The van der Waals surface area contributed by atoms with Gasteiger partial charge in [0.2, 0.25) is 0 Å². The molecule has 0 saturated carbocycles. The van der Waals surface area contributed by atoms with Gasteiger partial charge >= 0.3 is 0 Å². The maximum atomic E-state index is 6.23. The van der Waals surface area contributed by atoms with Crippen LogP contribution in [0.2, 0.25) is 0 Å². The average molecular weight is 358 g/mol. The van der Waals surface area contributed by atoms with Gasteiger partial charge in [0.15, 0.2) is 0 Å².